The molecule has 2 N–H and O–H groups in total. The average Bonchev–Trinajstić information content (AvgIpc) is 2.56. The molecule has 0 aliphatic carbocycles. The SMILES string of the molecule is COc1ccc(Cl)cc1C(=O)NC(=S)Nc1ccc(Cl)c([N+](=O)[O-])c1. The van der Waals surface area contributed by atoms with Gasteiger partial charge in [-0.2, -0.15) is 0 Å². The molecule has 0 aliphatic rings. The highest BCUT2D eigenvalue weighted by Crippen LogP contribution is 2.27. The van der Waals surface area contributed by atoms with Crippen molar-refractivity contribution in [3.63, 3.8) is 0 Å². The summed E-state index contributed by atoms with van der Waals surface area (Å²) in [6.45, 7) is 0. The average molecular weight is 400 g/mol. The van der Waals surface area contributed by atoms with Crippen molar-refractivity contribution in [2.75, 3.05) is 12.4 Å². The van der Waals surface area contributed by atoms with Crippen molar-refractivity contribution in [3.8, 4) is 5.75 Å². The molecule has 0 radical (unpaired) electrons. The number of hydrogen-bond donors (Lipinski definition) is 2. The molecule has 7 nitrogen and oxygen atoms in total. The van der Waals surface area contributed by atoms with E-state index in [2.05, 4.69) is 10.6 Å². The first-order chi connectivity index (χ1) is 11.8. The van der Waals surface area contributed by atoms with Gasteiger partial charge in [0.15, 0.2) is 5.11 Å². The van der Waals surface area contributed by atoms with Gasteiger partial charge in [0.2, 0.25) is 0 Å². The van der Waals surface area contributed by atoms with Crippen molar-refractivity contribution in [2.24, 2.45) is 0 Å². The first-order valence-corrected chi connectivity index (χ1v) is 7.88. The number of nitro groups is 1. The predicted molar refractivity (Wildman–Crippen MR) is 99.8 cm³/mol. The molecule has 0 saturated carbocycles. The van der Waals surface area contributed by atoms with E-state index in [0.717, 1.165) is 0 Å². The fourth-order valence-electron chi connectivity index (χ4n) is 1.92. The second kappa shape index (κ2) is 8.11. The van der Waals surface area contributed by atoms with Gasteiger partial charge in [0.05, 0.1) is 17.6 Å². The van der Waals surface area contributed by atoms with E-state index >= 15 is 0 Å². The zero-order chi connectivity index (χ0) is 18.6. The number of nitro benzene ring substituents is 1. The number of thiocarbonyl (C=S) groups is 1. The monoisotopic (exact) mass is 399 g/mol. The first kappa shape index (κ1) is 18.9. The number of benzene rings is 2. The van der Waals surface area contributed by atoms with Crippen molar-refractivity contribution in [1.29, 1.82) is 0 Å². The number of hydrogen-bond acceptors (Lipinski definition) is 5. The molecule has 2 aromatic carbocycles. The summed E-state index contributed by atoms with van der Waals surface area (Å²) in [5, 5.41) is 16.3. The summed E-state index contributed by atoms with van der Waals surface area (Å²) in [7, 11) is 1.42. The summed E-state index contributed by atoms with van der Waals surface area (Å²) in [5.41, 5.74) is 0.220. The second-order valence-electron chi connectivity index (χ2n) is 4.68. The lowest BCUT2D eigenvalue weighted by Crippen LogP contribution is -2.34. The molecule has 10 heteroatoms. The van der Waals surface area contributed by atoms with Gasteiger partial charge in [-0.05, 0) is 42.5 Å². The van der Waals surface area contributed by atoms with Crippen molar-refractivity contribution < 1.29 is 14.5 Å². The van der Waals surface area contributed by atoms with Crippen LogP contribution in [0.25, 0.3) is 0 Å². The Bertz CT molecular complexity index is 861. The molecule has 0 fully saturated rings. The van der Waals surface area contributed by atoms with Gasteiger partial charge in [0.25, 0.3) is 11.6 Å². The Hall–Kier alpha value is -2.42. The van der Waals surface area contributed by atoms with E-state index < -0.39 is 10.8 Å². The maximum Gasteiger partial charge on any atom is 0.289 e. The molecule has 1 amide bonds. The van der Waals surface area contributed by atoms with Crippen LogP contribution >= 0.6 is 35.4 Å². The van der Waals surface area contributed by atoms with E-state index in [1.54, 1.807) is 12.1 Å². The minimum atomic E-state index is -0.619. The third kappa shape index (κ3) is 4.79. The number of nitrogens with one attached hydrogen (secondary N) is 2. The van der Waals surface area contributed by atoms with Crippen molar-refractivity contribution in [1.82, 2.24) is 5.32 Å². The van der Waals surface area contributed by atoms with Gasteiger partial charge >= 0.3 is 0 Å². The minimum absolute atomic E-state index is 0.00540. The number of nitrogens with zero attached hydrogens (tertiary/aromatic N) is 1. The Labute approximate surface area is 158 Å². The molecule has 130 valence electrons. The van der Waals surface area contributed by atoms with E-state index in [1.165, 1.54) is 31.4 Å². The molecule has 0 spiro atoms. The smallest absolute Gasteiger partial charge is 0.289 e. The van der Waals surface area contributed by atoms with E-state index in [0.29, 0.717) is 16.5 Å². The summed E-state index contributed by atoms with van der Waals surface area (Å²) in [6.07, 6.45) is 0. The molecule has 0 heterocycles. The number of anilines is 1. The van der Waals surface area contributed by atoms with E-state index in [9.17, 15) is 14.9 Å². The highest BCUT2D eigenvalue weighted by molar-refractivity contribution is 7.80. The molecule has 2 rings (SSSR count). The second-order valence-corrected chi connectivity index (χ2v) is 5.93. The molecule has 2 aromatic rings. The number of rotatable bonds is 4. The summed E-state index contributed by atoms with van der Waals surface area (Å²) in [4.78, 5) is 22.6. The molecule has 0 unspecified atom stereocenters. The van der Waals surface area contributed by atoms with E-state index in [1.807, 2.05) is 0 Å². The zero-order valence-corrected chi connectivity index (χ0v) is 15.0. The van der Waals surface area contributed by atoms with Crippen LogP contribution in [0.5, 0.6) is 5.75 Å². The lowest BCUT2D eigenvalue weighted by molar-refractivity contribution is -0.384. The Balaban J connectivity index is 2.13. The molecule has 0 saturated heterocycles. The van der Waals surface area contributed by atoms with Crippen LogP contribution in [-0.2, 0) is 0 Å². The van der Waals surface area contributed by atoms with Gasteiger partial charge in [-0.3, -0.25) is 20.2 Å². The quantitative estimate of drug-likeness (QED) is 0.457. The largest absolute Gasteiger partial charge is 0.496 e. The van der Waals surface area contributed by atoms with Crippen molar-refractivity contribution in [2.45, 2.75) is 0 Å². The van der Waals surface area contributed by atoms with E-state index in [4.69, 9.17) is 40.2 Å². The van der Waals surface area contributed by atoms with Gasteiger partial charge < -0.3 is 10.1 Å². The van der Waals surface area contributed by atoms with Crippen molar-refractivity contribution >= 4 is 57.8 Å². The summed E-state index contributed by atoms with van der Waals surface area (Å²) >= 11 is 16.7. The topological polar surface area (TPSA) is 93.5 Å². The van der Waals surface area contributed by atoms with Crippen LogP contribution in [0.15, 0.2) is 36.4 Å². The van der Waals surface area contributed by atoms with Gasteiger partial charge in [-0.25, -0.2) is 0 Å². The van der Waals surface area contributed by atoms with Crippen LogP contribution in [0.1, 0.15) is 10.4 Å². The van der Waals surface area contributed by atoms with Crippen LogP contribution in [0.3, 0.4) is 0 Å². The van der Waals surface area contributed by atoms with Gasteiger partial charge in [-0.1, -0.05) is 23.2 Å². The highest BCUT2D eigenvalue weighted by Gasteiger charge is 2.16. The van der Waals surface area contributed by atoms with E-state index in [-0.39, 0.29) is 21.4 Å². The normalized spacial score (nSPS) is 10.0. The fourth-order valence-corrected chi connectivity index (χ4v) is 2.49. The van der Waals surface area contributed by atoms with Crippen molar-refractivity contribution in [3.05, 3.63) is 62.1 Å². The molecular weight excluding hydrogens is 389 g/mol. The standard InChI is InChI=1S/C15H11Cl2N3O4S/c1-24-13-5-2-8(16)6-10(13)14(21)19-15(25)18-9-3-4-11(17)12(7-9)20(22)23/h2-7H,1H3,(H2,18,19,21,25). The Kier molecular flexibility index (Phi) is 6.13. The van der Waals surface area contributed by atoms with Crippen LogP contribution in [0, 0.1) is 10.1 Å². The number of methoxy groups -OCH3 is 1. The Morgan fingerprint density at radius 1 is 1.24 bits per heavy atom. The summed E-state index contributed by atoms with van der Waals surface area (Å²) < 4.78 is 5.10. The summed E-state index contributed by atoms with van der Waals surface area (Å²) in [6, 6.07) is 8.63. The molecule has 25 heavy (non-hydrogen) atoms. The number of carbonyl (C=O) groups excluding carboxylic acids is 1. The molecule has 0 aromatic heterocycles. The van der Waals surface area contributed by atoms with Gasteiger partial charge in [0, 0.05) is 16.8 Å². The first-order valence-electron chi connectivity index (χ1n) is 6.71. The molecular formula is C15H11Cl2N3O4S. The third-order valence-electron chi connectivity index (χ3n) is 3.03. The molecule has 0 bridgehead atoms. The fraction of sp³-hybridized carbons (Fsp3) is 0.0667. The Morgan fingerprint density at radius 3 is 2.60 bits per heavy atom. The third-order valence-corrected chi connectivity index (χ3v) is 3.79. The van der Waals surface area contributed by atoms with Crippen LogP contribution in [0.2, 0.25) is 10.0 Å². The predicted octanol–water partition coefficient (Wildman–Crippen LogP) is 4.04. The molecule has 0 aliphatic heterocycles. The number of halogens is 2. The van der Waals surface area contributed by atoms with Crippen LogP contribution < -0.4 is 15.4 Å². The van der Waals surface area contributed by atoms with Gasteiger partial charge in [0.1, 0.15) is 10.8 Å². The number of ether oxygens (including phenoxy) is 1. The lowest BCUT2D eigenvalue weighted by Gasteiger charge is -2.12. The minimum Gasteiger partial charge on any atom is -0.496 e. The number of carbonyl (C=O) groups is 1. The lowest BCUT2D eigenvalue weighted by atomic mass is 10.2. The summed E-state index contributed by atoms with van der Waals surface area (Å²) in [5.74, 6) is -0.216. The van der Waals surface area contributed by atoms with Crippen LogP contribution in [0.4, 0.5) is 11.4 Å². The maximum atomic E-state index is 12.3. The zero-order valence-electron chi connectivity index (χ0n) is 12.7. The number of amides is 1. The highest BCUT2D eigenvalue weighted by atomic mass is 35.5. The van der Waals surface area contributed by atoms with Gasteiger partial charge in [-0.15, -0.1) is 0 Å². The maximum absolute atomic E-state index is 12.3. The Morgan fingerprint density at radius 2 is 1.96 bits per heavy atom. The molecule has 0 atom stereocenters. The van der Waals surface area contributed by atoms with Crippen LogP contribution in [-0.4, -0.2) is 23.1 Å².